The third-order valence-electron chi connectivity index (χ3n) is 6.17. The second kappa shape index (κ2) is 9.62. The fourth-order valence-electron chi connectivity index (χ4n) is 4.01. The van der Waals surface area contributed by atoms with Crippen LogP contribution in [-0.2, 0) is 14.4 Å². The molecule has 0 radical (unpaired) electrons. The Kier molecular flexibility index (Phi) is 6.63. The number of rotatable bonds is 8. The molecule has 1 unspecified atom stereocenters. The summed E-state index contributed by atoms with van der Waals surface area (Å²) in [5.41, 5.74) is 2.68. The maximum atomic E-state index is 13.0. The summed E-state index contributed by atoms with van der Waals surface area (Å²) in [4.78, 5) is 39.5. The molecule has 9 nitrogen and oxygen atoms in total. The van der Waals surface area contributed by atoms with Crippen molar-refractivity contribution < 1.29 is 28.6 Å². The van der Waals surface area contributed by atoms with Gasteiger partial charge in [-0.2, -0.15) is 0 Å². The largest absolute Gasteiger partial charge is 0.493 e. The van der Waals surface area contributed by atoms with E-state index in [1.54, 1.807) is 23.1 Å². The van der Waals surface area contributed by atoms with E-state index < -0.39 is 5.92 Å². The lowest BCUT2D eigenvalue weighted by Gasteiger charge is -2.20. The number of hydrogen-bond acceptors (Lipinski definition) is 6. The number of benzene rings is 2. The van der Waals surface area contributed by atoms with Crippen molar-refractivity contribution in [2.75, 3.05) is 43.4 Å². The molecule has 1 saturated heterocycles. The van der Waals surface area contributed by atoms with Crippen molar-refractivity contribution in [3.63, 3.8) is 0 Å². The Morgan fingerprint density at radius 1 is 0.912 bits per heavy atom. The van der Waals surface area contributed by atoms with Gasteiger partial charge in [0.2, 0.25) is 23.5 Å². The summed E-state index contributed by atoms with van der Waals surface area (Å²) in [7, 11) is 4.52. The van der Waals surface area contributed by atoms with Crippen molar-refractivity contribution in [3.05, 3.63) is 35.9 Å². The van der Waals surface area contributed by atoms with Gasteiger partial charge in [-0.25, -0.2) is 0 Å². The fourth-order valence-corrected chi connectivity index (χ4v) is 4.01. The monoisotopic (exact) mass is 467 g/mol. The average Bonchev–Trinajstić information content (AvgIpc) is 3.61. The Balaban J connectivity index is 1.48. The van der Waals surface area contributed by atoms with Gasteiger partial charge in [0.1, 0.15) is 0 Å². The molecule has 3 amide bonds. The molecular formula is C25H29N3O6. The van der Waals surface area contributed by atoms with E-state index in [9.17, 15) is 14.4 Å². The van der Waals surface area contributed by atoms with E-state index >= 15 is 0 Å². The second-order valence-corrected chi connectivity index (χ2v) is 8.57. The number of carbonyl (C=O) groups excluding carboxylic acids is 3. The van der Waals surface area contributed by atoms with E-state index in [0.29, 0.717) is 34.3 Å². The molecule has 1 heterocycles. The molecule has 2 fully saturated rings. The van der Waals surface area contributed by atoms with Crippen LogP contribution in [0.3, 0.4) is 0 Å². The number of carbonyl (C=O) groups is 3. The first-order valence-corrected chi connectivity index (χ1v) is 11.2. The minimum atomic E-state index is -0.532. The topological polar surface area (TPSA) is 106 Å². The standard InChI is InChI=1S/C25H29N3O6/c1-14-5-8-17(26-24(30)15-6-7-15)10-19(14)27-25(31)16-9-22(29)28(13-16)18-11-20(32-2)23(34-4)21(12-18)33-3/h5,8,10-12,15-16H,6-7,9,13H2,1-4H3,(H,26,30)(H,27,31). The first kappa shape index (κ1) is 23.4. The number of anilines is 3. The molecular weight excluding hydrogens is 438 g/mol. The predicted octanol–water partition coefficient (Wildman–Crippen LogP) is 3.36. The maximum Gasteiger partial charge on any atom is 0.229 e. The molecule has 9 heteroatoms. The molecule has 2 N–H and O–H groups in total. The Labute approximate surface area is 198 Å². The van der Waals surface area contributed by atoms with Gasteiger partial charge < -0.3 is 29.7 Å². The van der Waals surface area contributed by atoms with E-state index in [-0.39, 0.29) is 36.6 Å². The molecule has 34 heavy (non-hydrogen) atoms. The number of hydrogen-bond donors (Lipinski definition) is 2. The molecule has 1 saturated carbocycles. The van der Waals surface area contributed by atoms with Gasteiger partial charge in [0.15, 0.2) is 11.5 Å². The van der Waals surface area contributed by atoms with Crippen molar-refractivity contribution in [1.82, 2.24) is 0 Å². The lowest BCUT2D eigenvalue weighted by Crippen LogP contribution is -2.28. The molecule has 1 aliphatic heterocycles. The first-order chi connectivity index (χ1) is 16.3. The highest BCUT2D eigenvalue weighted by Crippen LogP contribution is 2.42. The Hall–Kier alpha value is -3.75. The van der Waals surface area contributed by atoms with E-state index in [1.807, 2.05) is 19.1 Å². The summed E-state index contributed by atoms with van der Waals surface area (Å²) in [6.45, 7) is 2.10. The third kappa shape index (κ3) is 4.78. The number of aryl methyl sites for hydroxylation is 1. The van der Waals surface area contributed by atoms with Crippen LogP contribution in [0.15, 0.2) is 30.3 Å². The fraction of sp³-hybridized carbons (Fsp3) is 0.400. The lowest BCUT2D eigenvalue weighted by molar-refractivity contribution is -0.122. The minimum absolute atomic E-state index is 0.00325. The highest BCUT2D eigenvalue weighted by molar-refractivity contribution is 6.04. The van der Waals surface area contributed by atoms with Gasteiger partial charge in [-0.15, -0.1) is 0 Å². The van der Waals surface area contributed by atoms with Gasteiger partial charge in [0.25, 0.3) is 0 Å². The van der Waals surface area contributed by atoms with E-state index in [1.165, 1.54) is 21.3 Å². The van der Waals surface area contributed by atoms with Crippen LogP contribution in [-0.4, -0.2) is 45.6 Å². The zero-order valence-electron chi connectivity index (χ0n) is 19.8. The van der Waals surface area contributed by atoms with Crippen LogP contribution in [0.2, 0.25) is 0 Å². The maximum absolute atomic E-state index is 13.0. The molecule has 0 aromatic heterocycles. The number of amides is 3. The summed E-state index contributed by atoms with van der Waals surface area (Å²) < 4.78 is 16.1. The van der Waals surface area contributed by atoms with Crippen LogP contribution in [0.1, 0.15) is 24.8 Å². The number of nitrogens with one attached hydrogen (secondary N) is 2. The van der Waals surface area contributed by atoms with Crippen molar-refractivity contribution >= 4 is 34.8 Å². The first-order valence-electron chi connectivity index (χ1n) is 11.2. The van der Waals surface area contributed by atoms with Crippen molar-refractivity contribution in [3.8, 4) is 17.2 Å². The molecule has 1 aliphatic carbocycles. The smallest absolute Gasteiger partial charge is 0.229 e. The zero-order chi connectivity index (χ0) is 24.4. The van der Waals surface area contributed by atoms with Gasteiger partial charge >= 0.3 is 0 Å². The molecule has 0 spiro atoms. The summed E-state index contributed by atoms with van der Waals surface area (Å²) in [6, 6.07) is 8.79. The summed E-state index contributed by atoms with van der Waals surface area (Å²) in [5.74, 6) is 0.424. The molecule has 2 aliphatic rings. The van der Waals surface area contributed by atoms with Gasteiger partial charge in [-0.05, 0) is 37.5 Å². The highest BCUT2D eigenvalue weighted by atomic mass is 16.5. The van der Waals surface area contributed by atoms with Gasteiger partial charge in [0, 0.05) is 42.4 Å². The van der Waals surface area contributed by atoms with Gasteiger partial charge in [-0.1, -0.05) is 6.07 Å². The van der Waals surface area contributed by atoms with Crippen LogP contribution in [0.25, 0.3) is 0 Å². The van der Waals surface area contributed by atoms with Gasteiger partial charge in [0.05, 0.1) is 32.9 Å². The quantitative estimate of drug-likeness (QED) is 0.617. The van der Waals surface area contributed by atoms with E-state index in [4.69, 9.17) is 14.2 Å². The zero-order valence-corrected chi connectivity index (χ0v) is 19.8. The molecule has 180 valence electrons. The summed E-state index contributed by atoms with van der Waals surface area (Å²) in [6.07, 6.45) is 1.92. The average molecular weight is 468 g/mol. The number of methoxy groups -OCH3 is 3. The van der Waals surface area contributed by atoms with Crippen LogP contribution in [0, 0.1) is 18.8 Å². The Bertz CT molecular complexity index is 1100. The summed E-state index contributed by atoms with van der Waals surface area (Å²) >= 11 is 0. The molecule has 0 bridgehead atoms. The summed E-state index contributed by atoms with van der Waals surface area (Å²) in [5, 5.41) is 5.82. The van der Waals surface area contributed by atoms with E-state index in [0.717, 1.165) is 18.4 Å². The molecule has 2 aromatic rings. The van der Waals surface area contributed by atoms with Crippen molar-refractivity contribution in [2.45, 2.75) is 26.2 Å². The van der Waals surface area contributed by atoms with Crippen LogP contribution >= 0.6 is 0 Å². The molecule has 2 aromatic carbocycles. The normalized spacial score (nSPS) is 17.4. The van der Waals surface area contributed by atoms with Crippen LogP contribution < -0.4 is 29.7 Å². The van der Waals surface area contributed by atoms with Crippen LogP contribution in [0.5, 0.6) is 17.2 Å². The Morgan fingerprint density at radius 3 is 2.15 bits per heavy atom. The third-order valence-corrected chi connectivity index (χ3v) is 6.17. The molecule has 4 rings (SSSR count). The SMILES string of the molecule is COc1cc(N2CC(C(=O)Nc3cc(NC(=O)C4CC4)ccc3C)CC2=O)cc(OC)c1OC. The highest BCUT2D eigenvalue weighted by Gasteiger charge is 2.36. The van der Waals surface area contributed by atoms with Crippen molar-refractivity contribution in [2.24, 2.45) is 11.8 Å². The Morgan fingerprint density at radius 2 is 1.56 bits per heavy atom. The predicted molar refractivity (Wildman–Crippen MR) is 128 cm³/mol. The van der Waals surface area contributed by atoms with Gasteiger partial charge in [-0.3, -0.25) is 14.4 Å². The number of nitrogens with zero attached hydrogens (tertiary/aromatic N) is 1. The minimum Gasteiger partial charge on any atom is -0.493 e. The van der Waals surface area contributed by atoms with Crippen molar-refractivity contribution in [1.29, 1.82) is 0 Å². The number of ether oxygens (including phenoxy) is 3. The van der Waals surface area contributed by atoms with E-state index in [2.05, 4.69) is 10.6 Å². The molecule has 1 atom stereocenters. The second-order valence-electron chi connectivity index (χ2n) is 8.57. The van der Waals surface area contributed by atoms with Crippen LogP contribution in [0.4, 0.5) is 17.1 Å². The lowest BCUT2D eigenvalue weighted by atomic mass is 10.1.